The summed E-state index contributed by atoms with van der Waals surface area (Å²) in [5.41, 5.74) is 2.72. The van der Waals surface area contributed by atoms with Crippen molar-refractivity contribution in [2.24, 2.45) is 0 Å². The standard InChI is InChI=1S/C26H27FN2O4/c1-5-33-26(32)23-16(2)22(17(3)28-23)24(30)18(4)29(15-19-11-13-21(27)14-12-19)25(31)20-9-7-6-8-10-20/h6-14,18,28H,5,15H2,1-4H3/t18-/m0/s1. The van der Waals surface area contributed by atoms with Crippen molar-refractivity contribution >= 4 is 17.7 Å². The van der Waals surface area contributed by atoms with Gasteiger partial charge in [0.1, 0.15) is 11.5 Å². The second-order valence-corrected chi connectivity index (χ2v) is 7.81. The fraction of sp³-hybridized carbons (Fsp3) is 0.269. The van der Waals surface area contributed by atoms with Gasteiger partial charge in [0, 0.05) is 23.4 Å². The first-order chi connectivity index (χ1) is 15.7. The molecule has 6 nitrogen and oxygen atoms in total. The van der Waals surface area contributed by atoms with Gasteiger partial charge in [-0.15, -0.1) is 0 Å². The molecule has 33 heavy (non-hydrogen) atoms. The highest BCUT2D eigenvalue weighted by molar-refractivity contribution is 6.07. The number of esters is 1. The third-order valence-corrected chi connectivity index (χ3v) is 5.56. The van der Waals surface area contributed by atoms with Crippen molar-refractivity contribution in [3.8, 4) is 0 Å². The Hall–Kier alpha value is -3.74. The summed E-state index contributed by atoms with van der Waals surface area (Å²) in [6.45, 7) is 7.08. The Labute approximate surface area is 192 Å². The van der Waals surface area contributed by atoms with Crippen LogP contribution >= 0.6 is 0 Å². The van der Waals surface area contributed by atoms with Crippen LogP contribution < -0.4 is 0 Å². The van der Waals surface area contributed by atoms with Gasteiger partial charge in [-0.2, -0.15) is 0 Å². The first-order valence-electron chi connectivity index (χ1n) is 10.8. The predicted molar refractivity (Wildman–Crippen MR) is 123 cm³/mol. The van der Waals surface area contributed by atoms with Crippen LogP contribution in [0.4, 0.5) is 4.39 Å². The summed E-state index contributed by atoms with van der Waals surface area (Å²) in [6.07, 6.45) is 0. The minimum atomic E-state index is -0.842. The number of benzene rings is 2. The van der Waals surface area contributed by atoms with Crippen molar-refractivity contribution in [2.45, 2.75) is 40.3 Å². The van der Waals surface area contributed by atoms with Crippen molar-refractivity contribution in [2.75, 3.05) is 6.61 Å². The zero-order chi connectivity index (χ0) is 24.1. The molecule has 172 valence electrons. The molecular weight excluding hydrogens is 423 g/mol. The van der Waals surface area contributed by atoms with Crippen LogP contribution in [0.1, 0.15) is 61.9 Å². The highest BCUT2D eigenvalue weighted by Gasteiger charge is 2.31. The number of nitrogens with zero attached hydrogens (tertiary/aromatic N) is 1. The molecule has 0 unspecified atom stereocenters. The van der Waals surface area contributed by atoms with E-state index in [9.17, 15) is 18.8 Å². The van der Waals surface area contributed by atoms with Crippen molar-refractivity contribution < 1.29 is 23.5 Å². The molecule has 0 aliphatic heterocycles. The highest BCUT2D eigenvalue weighted by Crippen LogP contribution is 2.24. The number of nitrogens with one attached hydrogen (secondary N) is 1. The van der Waals surface area contributed by atoms with Crippen molar-refractivity contribution in [3.05, 3.63) is 94.1 Å². The molecule has 0 fully saturated rings. The van der Waals surface area contributed by atoms with Crippen LogP contribution in [0.2, 0.25) is 0 Å². The number of halogens is 1. The average Bonchev–Trinajstić information content (AvgIpc) is 3.12. The zero-order valence-corrected chi connectivity index (χ0v) is 19.1. The maximum absolute atomic E-state index is 13.6. The van der Waals surface area contributed by atoms with Crippen LogP contribution in [0.25, 0.3) is 0 Å². The monoisotopic (exact) mass is 450 g/mol. The van der Waals surface area contributed by atoms with Crippen LogP contribution in [-0.2, 0) is 11.3 Å². The molecule has 2 aromatic carbocycles. The van der Waals surface area contributed by atoms with E-state index in [0.29, 0.717) is 27.9 Å². The lowest BCUT2D eigenvalue weighted by molar-refractivity contribution is 0.0518. The third kappa shape index (κ3) is 5.19. The Morgan fingerprint density at radius 1 is 1.03 bits per heavy atom. The summed E-state index contributed by atoms with van der Waals surface area (Å²) in [5.74, 6) is -1.54. The molecule has 0 radical (unpaired) electrons. The molecule has 1 amide bonds. The molecule has 1 atom stereocenters. The molecule has 0 saturated carbocycles. The van der Waals surface area contributed by atoms with Gasteiger partial charge in [-0.05, 0) is 63.1 Å². The summed E-state index contributed by atoms with van der Waals surface area (Å²) in [6, 6.07) is 13.6. The Morgan fingerprint density at radius 3 is 2.27 bits per heavy atom. The normalized spacial score (nSPS) is 11.7. The average molecular weight is 451 g/mol. The number of H-pyrrole nitrogens is 1. The number of Topliss-reactive ketones (excluding diaryl/α,β-unsaturated/α-hetero) is 1. The van der Waals surface area contributed by atoms with Crippen molar-refractivity contribution in [1.82, 2.24) is 9.88 Å². The molecule has 0 aliphatic rings. The van der Waals surface area contributed by atoms with E-state index in [0.717, 1.165) is 0 Å². The lowest BCUT2D eigenvalue weighted by Crippen LogP contribution is -2.43. The molecule has 0 saturated heterocycles. The first-order valence-corrected chi connectivity index (χ1v) is 10.8. The number of hydrogen-bond acceptors (Lipinski definition) is 4. The first kappa shape index (κ1) is 23.9. The molecular formula is C26H27FN2O4. The number of aromatic amines is 1. The van der Waals surface area contributed by atoms with Gasteiger partial charge in [0.2, 0.25) is 0 Å². The van der Waals surface area contributed by atoms with Crippen LogP contribution in [0.5, 0.6) is 0 Å². The van der Waals surface area contributed by atoms with E-state index in [-0.39, 0.29) is 36.4 Å². The van der Waals surface area contributed by atoms with E-state index < -0.39 is 12.0 Å². The summed E-state index contributed by atoms with van der Waals surface area (Å²) in [5, 5.41) is 0. The van der Waals surface area contributed by atoms with Gasteiger partial charge in [-0.3, -0.25) is 9.59 Å². The number of ether oxygens (including phenoxy) is 1. The molecule has 1 N–H and O–H groups in total. The topological polar surface area (TPSA) is 79.5 Å². The Kier molecular flexibility index (Phi) is 7.43. The van der Waals surface area contributed by atoms with E-state index >= 15 is 0 Å². The van der Waals surface area contributed by atoms with Crippen LogP contribution in [0.15, 0.2) is 54.6 Å². The van der Waals surface area contributed by atoms with E-state index in [1.165, 1.54) is 17.0 Å². The molecule has 1 heterocycles. The third-order valence-electron chi connectivity index (χ3n) is 5.56. The Balaban J connectivity index is 1.98. The van der Waals surface area contributed by atoms with Crippen molar-refractivity contribution in [3.63, 3.8) is 0 Å². The number of carbonyl (C=O) groups excluding carboxylic acids is 3. The second kappa shape index (κ2) is 10.3. The van der Waals surface area contributed by atoms with E-state index in [1.54, 1.807) is 70.2 Å². The molecule has 3 rings (SSSR count). The van der Waals surface area contributed by atoms with Gasteiger partial charge in [0.15, 0.2) is 5.78 Å². The molecule has 3 aromatic rings. The maximum Gasteiger partial charge on any atom is 0.355 e. The Morgan fingerprint density at radius 2 is 1.67 bits per heavy atom. The summed E-state index contributed by atoms with van der Waals surface area (Å²) in [4.78, 5) is 43.6. The van der Waals surface area contributed by atoms with Crippen LogP contribution in [-0.4, -0.2) is 40.2 Å². The summed E-state index contributed by atoms with van der Waals surface area (Å²) >= 11 is 0. The van der Waals surface area contributed by atoms with Crippen LogP contribution in [0, 0.1) is 19.7 Å². The maximum atomic E-state index is 13.6. The molecule has 7 heteroatoms. The van der Waals surface area contributed by atoms with Gasteiger partial charge in [-0.25, -0.2) is 9.18 Å². The Bertz CT molecular complexity index is 1150. The highest BCUT2D eigenvalue weighted by atomic mass is 19.1. The van der Waals surface area contributed by atoms with Gasteiger partial charge < -0.3 is 14.6 Å². The summed E-state index contributed by atoms with van der Waals surface area (Å²) in [7, 11) is 0. The number of aryl methyl sites for hydroxylation is 1. The smallest absolute Gasteiger partial charge is 0.355 e. The number of rotatable bonds is 8. The molecule has 0 bridgehead atoms. The number of ketones is 1. The van der Waals surface area contributed by atoms with Gasteiger partial charge in [0.25, 0.3) is 5.91 Å². The fourth-order valence-corrected chi connectivity index (χ4v) is 3.80. The van der Waals surface area contributed by atoms with Crippen LogP contribution in [0.3, 0.4) is 0 Å². The molecule has 0 aliphatic carbocycles. The van der Waals surface area contributed by atoms with E-state index in [1.807, 2.05) is 0 Å². The van der Waals surface area contributed by atoms with Gasteiger partial charge in [-0.1, -0.05) is 30.3 Å². The quantitative estimate of drug-likeness (QED) is 0.393. The number of amides is 1. The second-order valence-electron chi connectivity index (χ2n) is 7.81. The minimum Gasteiger partial charge on any atom is -0.461 e. The fourth-order valence-electron chi connectivity index (χ4n) is 3.80. The van der Waals surface area contributed by atoms with Gasteiger partial charge in [0.05, 0.1) is 12.6 Å². The minimum absolute atomic E-state index is 0.119. The SMILES string of the molecule is CCOC(=O)c1[nH]c(C)c(C(=O)[C@H](C)N(Cc2ccc(F)cc2)C(=O)c2ccccc2)c1C. The van der Waals surface area contributed by atoms with Gasteiger partial charge >= 0.3 is 5.97 Å². The summed E-state index contributed by atoms with van der Waals surface area (Å²) < 4.78 is 18.5. The molecule has 0 spiro atoms. The number of aromatic nitrogens is 1. The number of hydrogen-bond donors (Lipinski definition) is 1. The van der Waals surface area contributed by atoms with E-state index in [2.05, 4.69) is 4.98 Å². The number of carbonyl (C=O) groups is 3. The lowest BCUT2D eigenvalue weighted by atomic mass is 9.98. The predicted octanol–water partition coefficient (Wildman–Crippen LogP) is 4.86. The largest absolute Gasteiger partial charge is 0.461 e. The zero-order valence-electron chi connectivity index (χ0n) is 19.1. The lowest BCUT2D eigenvalue weighted by Gasteiger charge is -2.29. The van der Waals surface area contributed by atoms with E-state index in [4.69, 9.17) is 4.74 Å². The molecule has 1 aromatic heterocycles. The van der Waals surface area contributed by atoms with Crippen molar-refractivity contribution in [1.29, 1.82) is 0 Å².